The lowest BCUT2D eigenvalue weighted by atomic mass is 10.1. The Bertz CT molecular complexity index is 1000. The van der Waals surface area contributed by atoms with Gasteiger partial charge in [0.2, 0.25) is 5.91 Å². The summed E-state index contributed by atoms with van der Waals surface area (Å²) in [5, 5.41) is 14.8. The Balaban J connectivity index is 1.53. The molecule has 0 aliphatic rings. The van der Waals surface area contributed by atoms with Crippen LogP contribution in [0.15, 0.2) is 59.8 Å². The van der Waals surface area contributed by atoms with Crippen LogP contribution in [-0.2, 0) is 24.4 Å². The number of nitrogens with zero attached hydrogens (tertiary/aromatic N) is 3. The maximum absolute atomic E-state index is 12.4. The van der Waals surface area contributed by atoms with Gasteiger partial charge in [-0.25, -0.2) is 0 Å². The summed E-state index contributed by atoms with van der Waals surface area (Å²) < 4.78 is 1.91. The smallest absolute Gasteiger partial charge is 0.251 e. The van der Waals surface area contributed by atoms with Crippen molar-refractivity contribution in [3.05, 3.63) is 77.1 Å². The molecule has 1 aromatic heterocycles. The van der Waals surface area contributed by atoms with Crippen molar-refractivity contribution in [1.82, 2.24) is 25.4 Å². The number of carbonyl (C=O) groups is 2. The maximum atomic E-state index is 12.4. The predicted molar refractivity (Wildman–Crippen MR) is 117 cm³/mol. The van der Waals surface area contributed by atoms with E-state index < -0.39 is 0 Å². The highest BCUT2D eigenvalue weighted by atomic mass is 32.2. The molecule has 0 atom stereocenters. The molecular formula is C22H25N5O2S. The number of benzene rings is 2. The molecule has 8 heteroatoms. The van der Waals surface area contributed by atoms with Crippen LogP contribution in [0.3, 0.4) is 0 Å². The standard InChI is InChI=1S/C22H25N5O2S/c1-3-27-19(14-24-21(29)18-12-8-7-9-16(18)2)25-26-22(27)30-15-20(28)23-13-17-10-5-4-6-11-17/h4-12H,3,13-15H2,1-2H3,(H,23,28)(H,24,29). The molecule has 2 amide bonds. The monoisotopic (exact) mass is 423 g/mol. The largest absolute Gasteiger partial charge is 0.351 e. The molecule has 30 heavy (non-hydrogen) atoms. The van der Waals surface area contributed by atoms with Gasteiger partial charge in [0.1, 0.15) is 0 Å². The van der Waals surface area contributed by atoms with Crippen molar-refractivity contribution < 1.29 is 9.59 Å². The normalized spacial score (nSPS) is 10.6. The quantitative estimate of drug-likeness (QED) is 0.517. The summed E-state index contributed by atoms with van der Waals surface area (Å²) in [7, 11) is 0. The van der Waals surface area contributed by atoms with Crippen LogP contribution in [0.2, 0.25) is 0 Å². The Labute approximate surface area is 180 Å². The molecular weight excluding hydrogens is 398 g/mol. The van der Waals surface area contributed by atoms with E-state index in [0.29, 0.717) is 29.6 Å². The molecule has 0 unspecified atom stereocenters. The third kappa shape index (κ3) is 5.70. The number of hydrogen-bond acceptors (Lipinski definition) is 5. The zero-order valence-corrected chi connectivity index (χ0v) is 17.9. The first-order valence-electron chi connectivity index (χ1n) is 9.77. The Morgan fingerprint density at radius 1 is 0.967 bits per heavy atom. The van der Waals surface area contributed by atoms with Gasteiger partial charge >= 0.3 is 0 Å². The minimum atomic E-state index is -0.145. The topological polar surface area (TPSA) is 88.9 Å². The number of amides is 2. The van der Waals surface area contributed by atoms with Crippen molar-refractivity contribution in [2.45, 2.75) is 38.6 Å². The predicted octanol–water partition coefficient (Wildman–Crippen LogP) is 2.94. The van der Waals surface area contributed by atoms with Crippen molar-refractivity contribution in [2.24, 2.45) is 0 Å². The van der Waals surface area contributed by atoms with Crippen molar-refractivity contribution in [3.8, 4) is 0 Å². The Kier molecular flexibility index (Phi) is 7.62. The van der Waals surface area contributed by atoms with E-state index in [1.165, 1.54) is 11.8 Å². The van der Waals surface area contributed by atoms with Gasteiger partial charge < -0.3 is 15.2 Å². The Hall–Kier alpha value is -3.13. The van der Waals surface area contributed by atoms with Crippen LogP contribution >= 0.6 is 11.8 Å². The molecule has 0 saturated heterocycles. The zero-order chi connectivity index (χ0) is 21.3. The van der Waals surface area contributed by atoms with Crippen molar-refractivity contribution in [1.29, 1.82) is 0 Å². The second kappa shape index (κ2) is 10.6. The Morgan fingerprint density at radius 3 is 2.43 bits per heavy atom. The molecule has 2 aromatic carbocycles. The second-order valence-electron chi connectivity index (χ2n) is 6.69. The number of carbonyl (C=O) groups excluding carboxylic acids is 2. The number of rotatable bonds is 9. The lowest BCUT2D eigenvalue weighted by Gasteiger charge is -2.10. The molecule has 0 aliphatic carbocycles. The third-order valence-corrected chi connectivity index (χ3v) is 5.54. The van der Waals surface area contributed by atoms with E-state index in [9.17, 15) is 9.59 Å². The van der Waals surface area contributed by atoms with Gasteiger partial charge in [-0.2, -0.15) is 0 Å². The molecule has 2 N–H and O–H groups in total. The highest BCUT2D eigenvalue weighted by molar-refractivity contribution is 7.99. The van der Waals surface area contributed by atoms with Crippen LogP contribution in [0.25, 0.3) is 0 Å². The van der Waals surface area contributed by atoms with Gasteiger partial charge in [-0.05, 0) is 31.0 Å². The van der Waals surface area contributed by atoms with E-state index in [1.807, 2.05) is 66.9 Å². The summed E-state index contributed by atoms with van der Waals surface area (Å²) in [4.78, 5) is 24.6. The third-order valence-electron chi connectivity index (χ3n) is 4.57. The van der Waals surface area contributed by atoms with E-state index in [4.69, 9.17) is 0 Å². The first kappa shape index (κ1) is 21.6. The van der Waals surface area contributed by atoms with Crippen LogP contribution in [-0.4, -0.2) is 32.3 Å². The first-order chi connectivity index (χ1) is 14.6. The van der Waals surface area contributed by atoms with E-state index in [1.54, 1.807) is 6.07 Å². The lowest BCUT2D eigenvalue weighted by molar-refractivity contribution is -0.118. The second-order valence-corrected chi connectivity index (χ2v) is 7.63. The van der Waals surface area contributed by atoms with Gasteiger partial charge in [-0.15, -0.1) is 10.2 Å². The molecule has 1 heterocycles. The summed E-state index contributed by atoms with van der Waals surface area (Å²) in [6.45, 7) is 5.30. The van der Waals surface area contributed by atoms with Crippen LogP contribution in [0, 0.1) is 6.92 Å². The molecule has 7 nitrogen and oxygen atoms in total. The average Bonchev–Trinajstić information content (AvgIpc) is 3.17. The molecule has 156 valence electrons. The summed E-state index contributed by atoms with van der Waals surface area (Å²) >= 11 is 1.33. The summed E-state index contributed by atoms with van der Waals surface area (Å²) in [5.74, 6) is 0.698. The van der Waals surface area contributed by atoms with Gasteiger partial charge in [0.05, 0.1) is 12.3 Å². The molecule has 0 aliphatic heterocycles. The first-order valence-corrected chi connectivity index (χ1v) is 10.8. The van der Waals surface area contributed by atoms with Crippen LogP contribution in [0.5, 0.6) is 0 Å². The van der Waals surface area contributed by atoms with E-state index in [2.05, 4.69) is 20.8 Å². The molecule has 0 fully saturated rings. The van der Waals surface area contributed by atoms with Gasteiger partial charge in [-0.1, -0.05) is 60.3 Å². The van der Waals surface area contributed by atoms with Crippen LogP contribution in [0.4, 0.5) is 0 Å². The van der Waals surface area contributed by atoms with Crippen LogP contribution in [0.1, 0.15) is 34.2 Å². The molecule has 0 radical (unpaired) electrons. The van der Waals surface area contributed by atoms with E-state index in [0.717, 1.165) is 11.1 Å². The number of thioether (sulfide) groups is 1. The van der Waals surface area contributed by atoms with Gasteiger partial charge in [0.15, 0.2) is 11.0 Å². The SMILES string of the molecule is CCn1c(CNC(=O)c2ccccc2C)nnc1SCC(=O)NCc1ccccc1. The molecule has 0 saturated carbocycles. The van der Waals surface area contributed by atoms with Gasteiger partial charge in [0.25, 0.3) is 5.91 Å². The van der Waals surface area contributed by atoms with Crippen molar-refractivity contribution >= 4 is 23.6 Å². The zero-order valence-electron chi connectivity index (χ0n) is 17.1. The minimum Gasteiger partial charge on any atom is -0.351 e. The fraction of sp³-hybridized carbons (Fsp3) is 0.273. The number of aryl methyl sites for hydroxylation is 1. The van der Waals surface area contributed by atoms with E-state index >= 15 is 0 Å². The number of nitrogens with one attached hydrogen (secondary N) is 2. The Morgan fingerprint density at radius 2 is 1.70 bits per heavy atom. The van der Waals surface area contributed by atoms with Gasteiger partial charge in [0, 0.05) is 18.7 Å². The van der Waals surface area contributed by atoms with Crippen molar-refractivity contribution in [3.63, 3.8) is 0 Å². The van der Waals surface area contributed by atoms with Crippen molar-refractivity contribution in [2.75, 3.05) is 5.75 Å². The number of hydrogen-bond donors (Lipinski definition) is 2. The molecule has 0 spiro atoms. The molecule has 3 rings (SSSR count). The number of aromatic nitrogens is 3. The fourth-order valence-corrected chi connectivity index (χ4v) is 3.79. The highest BCUT2D eigenvalue weighted by Crippen LogP contribution is 2.17. The van der Waals surface area contributed by atoms with Gasteiger partial charge in [-0.3, -0.25) is 9.59 Å². The van der Waals surface area contributed by atoms with Crippen LogP contribution < -0.4 is 10.6 Å². The summed E-state index contributed by atoms with van der Waals surface area (Å²) in [6, 6.07) is 17.2. The minimum absolute atomic E-state index is 0.0658. The summed E-state index contributed by atoms with van der Waals surface area (Å²) in [6.07, 6.45) is 0. The van der Waals surface area contributed by atoms with E-state index in [-0.39, 0.29) is 24.1 Å². The average molecular weight is 424 g/mol. The molecule has 0 bridgehead atoms. The molecule has 3 aromatic rings. The fourth-order valence-electron chi connectivity index (χ4n) is 2.93. The highest BCUT2D eigenvalue weighted by Gasteiger charge is 2.15. The lowest BCUT2D eigenvalue weighted by Crippen LogP contribution is -2.26. The maximum Gasteiger partial charge on any atom is 0.251 e. The summed E-state index contributed by atoms with van der Waals surface area (Å²) in [5.41, 5.74) is 2.62.